The molecular weight excluding hydrogens is 372 g/mol. The van der Waals surface area contributed by atoms with Gasteiger partial charge in [0.1, 0.15) is 5.82 Å². The number of hydrogen-bond donors (Lipinski definition) is 4. The van der Waals surface area contributed by atoms with Crippen molar-refractivity contribution in [3.8, 4) is 0 Å². The van der Waals surface area contributed by atoms with Crippen LogP contribution in [0.4, 0.5) is 17.5 Å². The zero-order chi connectivity index (χ0) is 20.5. The van der Waals surface area contributed by atoms with E-state index in [9.17, 15) is 0 Å². The van der Waals surface area contributed by atoms with Gasteiger partial charge >= 0.3 is 0 Å². The van der Waals surface area contributed by atoms with E-state index >= 15 is 0 Å². The summed E-state index contributed by atoms with van der Waals surface area (Å²) in [5.74, 6) is 1.39. The van der Waals surface area contributed by atoms with Crippen molar-refractivity contribution in [3.05, 3.63) is 77.7 Å². The monoisotopic (exact) mass is 396 g/mol. The van der Waals surface area contributed by atoms with Crippen molar-refractivity contribution in [2.45, 2.75) is 20.3 Å². The molecule has 0 saturated carbocycles. The Labute approximate surface area is 174 Å². The fourth-order valence-electron chi connectivity index (χ4n) is 3.97. The average Bonchev–Trinajstić information content (AvgIpc) is 3.26. The van der Waals surface area contributed by atoms with Gasteiger partial charge in [-0.2, -0.15) is 4.98 Å². The summed E-state index contributed by atoms with van der Waals surface area (Å²) in [4.78, 5) is 15.8. The van der Waals surface area contributed by atoms with E-state index in [1.165, 1.54) is 27.5 Å². The zero-order valence-corrected chi connectivity index (χ0v) is 17.1. The Morgan fingerprint density at radius 1 is 0.933 bits per heavy atom. The second-order valence-electron chi connectivity index (χ2n) is 7.60. The Balaban J connectivity index is 1.27. The summed E-state index contributed by atoms with van der Waals surface area (Å²) in [6, 6.07) is 18.7. The van der Waals surface area contributed by atoms with E-state index in [0.29, 0.717) is 5.95 Å². The largest absolute Gasteiger partial charge is 0.359 e. The van der Waals surface area contributed by atoms with Gasteiger partial charge in [0.25, 0.3) is 0 Å². The number of aromatic nitrogens is 4. The minimum absolute atomic E-state index is 0.621. The summed E-state index contributed by atoms with van der Waals surface area (Å²) >= 11 is 0. The number of para-hydroxylation sites is 1. The maximum absolute atomic E-state index is 4.61. The number of aryl methyl sites for hydroxylation is 2. The quantitative estimate of drug-likeness (QED) is 0.307. The first-order chi connectivity index (χ1) is 14.7. The van der Waals surface area contributed by atoms with Crippen molar-refractivity contribution in [3.63, 3.8) is 0 Å². The number of nitrogens with zero attached hydrogens (tertiary/aromatic N) is 2. The number of anilines is 3. The van der Waals surface area contributed by atoms with E-state index in [4.69, 9.17) is 0 Å². The van der Waals surface area contributed by atoms with Crippen molar-refractivity contribution < 1.29 is 0 Å². The summed E-state index contributed by atoms with van der Waals surface area (Å²) in [5.41, 5.74) is 7.02. The second-order valence-corrected chi connectivity index (χ2v) is 7.60. The fourth-order valence-corrected chi connectivity index (χ4v) is 3.97. The van der Waals surface area contributed by atoms with E-state index in [2.05, 4.69) is 86.9 Å². The Morgan fingerprint density at radius 3 is 2.77 bits per heavy atom. The third-order valence-corrected chi connectivity index (χ3v) is 5.37. The van der Waals surface area contributed by atoms with Crippen molar-refractivity contribution in [1.29, 1.82) is 0 Å². The molecule has 0 fully saturated rings. The Hall–Kier alpha value is -3.80. The highest BCUT2D eigenvalue weighted by atomic mass is 15.1. The van der Waals surface area contributed by atoms with Crippen LogP contribution in [0.2, 0.25) is 0 Å². The lowest BCUT2D eigenvalue weighted by atomic mass is 10.1. The predicted octanol–water partition coefficient (Wildman–Crippen LogP) is 5.45. The van der Waals surface area contributed by atoms with Crippen LogP contribution in [-0.4, -0.2) is 26.5 Å². The molecule has 0 aliphatic heterocycles. The SMILES string of the molecule is Cc1cc2cc(Nc3ccnc(NCCc4c(C)[nH]c5ccccc45)n3)ccc2[nH]1. The molecule has 0 unspecified atom stereocenters. The molecule has 0 atom stereocenters. The first-order valence-electron chi connectivity index (χ1n) is 10.2. The highest BCUT2D eigenvalue weighted by Gasteiger charge is 2.08. The van der Waals surface area contributed by atoms with Crippen LogP contribution in [0.1, 0.15) is 17.0 Å². The molecule has 0 spiro atoms. The van der Waals surface area contributed by atoms with Crippen LogP contribution < -0.4 is 10.6 Å². The van der Waals surface area contributed by atoms with Gasteiger partial charge in [-0.05, 0) is 62.2 Å². The van der Waals surface area contributed by atoms with Crippen LogP contribution in [0.25, 0.3) is 21.8 Å². The van der Waals surface area contributed by atoms with Crippen LogP contribution in [-0.2, 0) is 6.42 Å². The van der Waals surface area contributed by atoms with Crippen LogP contribution in [0, 0.1) is 13.8 Å². The third-order valence-electron chi connectivity index (χ3n) is 5.37. The van der Waals surface area contributed by atoms with Gasteiger partial charge in [-0.15, -0.1) is 0 Å². The predicted molar refractivity (Wildman–Crippen MR) is 124 cm³/mol. The minimum Gasteiger partial charge on any atom is -0.359 e. The van der Waals surface area contributed by atoms with Crippen LogP contribution >= 0.6 is 0 Å². The number of fused-ring (bicyclic) bond motifs is 2. The first kappa shape index (κ1) is 18.2. The number of nitrogens with one attached hydrogen (secondary N) is 4. The van der Waals surface area contributed by atoms with E-state index in [1.807, 2.05) is 12.1 Å². The van der Waals surface area contributed by atoms with Crippen molar-refractivity contribution in [2.75, 3.05) is 17.2 Å². The molecule has 0 radical (unpaired) electrons. The molecule has 30 heavy (non-hydrogen) atoms. The van der Waals surface area contributed by atoms with E-state index < -0.39 is 0 Å². The molecule has 3 heterocycles. The molecule has 0 amide bonds. The highest BCUT2D eigenvalue weighted by molar-refractivity contribution is 5.85. The minimum atomic E-state index is 0.621. The van der Waals surface area contributed by atoms with E-state index in [1.54, 1.807) is 6.20 Å². The van der Waals surface area contributed by atoms with Gasteiger partial charge in [0, 0.05) is 51.6 Å². The number of H-pyrrole nitrogens is 2. The third kappa shape index (κ3) is 3.59. The molecule has 5 rings (SSSR count). The molecule has 0 saturated heterocycles. The molecule has 4 N–H and O–H groups in total. The Bertz CT molecular complexity index is 1330. The fraction of sp³-hybridized carbons (Fsp3) is 0.167. The molecule has 0 aliphatic rings. The smallest absolute Gasteiger partial charge is 0.224 e. The first-order valence-corrected chi connectivity index (χ1v) is 10.2. The lowest BCUT2D eigenvalue weighted by molar-refractivity contribution is 0.979. The number of aromatic amines is 2. The molecular formula is C24H24N6. The molecule has 0 bridgehead atoms. The average molecular weight is 396 g/mol. The normalized spacial score (nSPS) is 11.3. The van der Waals surface area contributed by atoms with E-state index in [0.717, 1.165) is 35.7 Å². The number of rotatable bonds is 6. The maximum Gasteiger partial charge on any atom is 0.224 e. The van der Waals surface area contributed by atoms with Gasteiger partial charge in [0.15, 0.2) is 0 Å². The Morgan fingerprint density at radius 2 is 1.83 bits per heavy atom. The van der Waals surface area contributed by atoms with Crippen molar-refractivity contribution in [2.24, 2.45) is 0 Å². The molecule has 5 aromatic rings. The summed E-state index contributed by atoms with van der Waals surface area (Å²) < 4.78 is 0. The lowest BCUT2D eigenvalue weighted by Gasteiger charge is -2.09. The van der Waals surface area contributed by atoms with Gasteiger partial charge in [0.05, 0.1) is 0 Å². The van der Waals surface area contributed by atoms with E-state index in [-0.39, 0.29) is 0 Å². The van der Waals surface area contributed by atoms with Crippen molar-refractivity contribution in [1.82, 2.24) is 19.9 Å². The van der Waals surface area contributed by atoms with Gasteiger partial charge in [-0.1, -0.05) is 18.2 Å². The molecule has 6 heteroatoms. The highest BCUT2D eigenvalue weighted by Crippen LogP contribution is 2.23. The van der Waals surface area contributed by atoms with Crippen molar-refractivity contribution >= 4 is 39.3 Å². The molecule has 6 nitrogen and oxygen atoms in total. The molecule has 2 aromatic carbocycles. The summed E-state index contributed by atoms with van der Waals surface area (Å²) in [6.07, 6.45) is 2.67. The number of benzene rings is 2. The molecule has 0 aliphatic carbocycles. The second kappa shape index (κ2) is 7.55. The van der Waals surface area contributed by atoms with Gasteiger partial charge in [-0.3, -0.25) is 0 Å². The summed E-state index contributed by atoms with van der Waals surface area (Å²) in [7, 11) is 0. The summed E-state index contributed by atoms with van der Waals surface area (Å²) in [5, 5.41) is 9.19. The summed E-state index contributed by atoms with van der Waals surface area (Å²) in [6.45, 7) is 4.95. The standard InChI is InChI=1S/C24H24N6/c1-15-13-17-14-18(7-8-21(17)27-15)29-23-10-12-26-24(30-23)25-11-9-19-16(2)28-22-6-4-3-5-20(19)22/h3-8,10,12-14,27-28H,9,11H2,1-2H3,(H2,25,26,29,30). The Kier molecular flexibility index (Phi) is 4.59. The topological polar surface area (TPSA) is 81.4 Å². The lowest BCUT2D eigenvalue weighted by Crippen LogP contribution is -2.09. The van der Waals surface area contributed by atoms with Crippen LogP contribution in [0.5, 0.6) is 0 Å². The van der Waals surface area contributed by atoms with Crippen LogP contribution in [0.15, 0.2) is 60.8 Å². The van der Waals surface area contributed by atoms with Gasteiger partial charge in [0.2, 0.25) is 5.95 Å². The maximum atomic E-state index is 4.61. The van der Waals surface area contributed by atoms with Gasteiger partial charge < -0.3 is 20.6 Å². The zero-order valence-electron chi connectivity index (χ0n) is 17.1. The molecule has 150 valence electrons. The molecule has 3 aromatic heterocycles. The van der Waals surface area contributed by atoms with Gasteiger partial charge in [-0.25, -0.2) is 4.98 Å². The van der Waals surface area contributed by atoms with Crippen LogP contribution in [0.3, 0.4) is 0 Å². The number of hydrogen-bond acceptors (Lipinski definition) is 4.